The molecule has 8 N–H and O–H groups in total. The molecular formula is C34H41N9O3. The maximum Gasteiger partial charge on any atom is 0.251 e. The first-order chi connectivity index (χ1) is 22.3. The fourth-order valence-electron chi connectivity index (χ4n) is 5.85. The van der Waals surface area contributed by atoms with E-state index in [0.29, 0.717) is 49.0 Å². The maximum absolute atomic E-state index is 13.6. The van der Waals surface area contributed by atoms with E-state index in [2.05, 4.69) is 36.6 Å². The third-order valence-electron chi connectivity index (χ3n) is 8.56. The van der Waals surface area contributed by atoms with Crippen molar-refractivity contribution >= 4 is 23.4 Å². The van der Waals surface area contributed by atoms with Crippen molar-refractivity contribution in [3.05, 3.63) is 83.4 Å². The Kier molecular flexibility index (Phi) is 10.8. The summed E-state index contributed by atoms with van der Waals surface area (Å²) < 4.78 is 0. The number of amides is 3. The molecule has 5 rings (SSSR count). The van der Waals surface area contributed by atoms with Crippen LogP contribution in [-0.4, -0.2) is 64.0 Å². The van der Waals surface area contributed by atoms with E-state index >= 15 is 0 Å². The zero-order chi connectivity index (χ0) is 32.5. The first kappa shape index (κ1) is 32.5. The number of H-pyrrole nitrogens is 1. The van der Waals surface area contributed by atoms with Gasteiger partial charge in [-0.15, -0.1) is 10.2 Å². The quantitative estimate of drug-likeness (QED) is 0.139. The largest absolute Gasteiger partial charge is 0.351 e. The van der Waals surface area contributed by atoms with Crippen LogP contribution in [0.2, 0.25) is 0 Å². The Balaban J connectivity index is 1.30. The van der Waals surface area contributed by atoms with Gasteiger partial charge in [-0.3, -0.25) is 14.4 Å². The van der Waals surface area contributed by atoms with Gasteiger partial charge in [0.2, 0.25) is 17.6 Å². The minimum Gasteiger partial charge on any atom is -0.351 e. The Morgan fingerprint density at radius 3 is 2.28 bits per heavy atom. The molecule has 0 spiro atoms. The van der Waals surface area contributed by atoms with Gasteiger partial charge in [0.05, 0.1) is 0 Å². The van der Waals surface area contributed by atoms with Gasteiger partial charge in [0.15, 0.2) is 0 Å². The van der Waals surface area contributed by atoms with Crippen LogP contribution in [0, 0.1) is 18.8 Å². The molecule has 240 valence electrons. The second kappa shape index (κ2) is 15.4. The molecule has 3 amide bonds. The minimum atomic E-state index is -0.782. The van der Waals surface area contributed by atoms with Crippen LogP contribution in [0.3, 0.4) is 0 Å². The van der Waals surface area contributed by atoms with E-state index in [1.807, 2.05) is 43.3 Å². The van der Waals surface area contributed by atoms with Gasteiger partial charge >= 0.3 is 0 Å². The lowest BCUT2D eigenvalue weighted by Crippen LogP contribution is -2.48. The van der Waals surface area contributed by atoms with Crippen molar-refractivity contribution in [2.45, 2.75) is 45.1 Å². The summed E-state index contributed by atoms with van der Waals surface area (Å²) in [6.45, 7) is 3.40. The van der Waals surface area contributed by atoms with E-state index in [0.717, 1.165) is 53.5 Å². The normalized spacial score (nSPS) is 16.8. The van der Waals surface area contributed by atoms with Gasteiger partial charge in [0, 0.05) is 42.2 Å². The smallest absolute Gasteiger partial charge is 0.251 e. The summed E-state index contributed by atoms with van der Waals surface area (Å²) in [7, 11) is 0. The highest BCUT2D eigenvalue weighted by Gasteiger charge is 2.29. The molecular weight excluding hydrogens is 582 g/mol. The number of carbonyl (C=O) groups is 3. The number of hydrogen-bond donors (Lipinski definition) is 6. The number of aromatic nitrogens is 4. The van der Waals surface area contributed by atoms with Gasteiger partial charge in [0.25, 0.3) is 5.91 Å². The first-order valence-corrected chi connectivity index (χ1v) is 15.7. The predicted molar refractivity (Wildman–Crippen MR) is 176 cm³/mol. The summed E-state index contributed by atoms with van der Waals surface area (Å²) in [5.41, 5.74) is 17.1. The summed E-state index contributed by atoms with van der Waals surface area (Å²) in [4.78, 5) is 39.3. The highest BCUT2D eigenvalue weighted by Crippen LogP contribution is 2.29. The van der Waals surface area contributed by atoms with Gasteiger partial charge < -0.3 is 27.4 Å². The number of nitrogens with one attached hydrogen (secondary N) is 4. The second-order valence-corrected chi connectivity index (χ2v) is 11.8. The molecule has 46 heavy (non-hydrogen) atoms. The van der Waals surface area contributed by atoms with Crippen LogP contribution in [0.25, 0.3) is 22.5 Å². The van der Waals surface area contributed by atoms with Gasteiger partial charge in [0.1, 0.15) is 6.04 Å². The molecule has 4 aromatic rings. The van der Waals surface area contributed by atoms with Crippen molar-refractivity contribution in [2.75, 3.05) is 25.0 Å². The van der Waals surface area contributed by atoms with E-state index in [9.17, 15) is 14.4 Å². The van der Waals surface area contributed by atoms with Crippen LogP contribution >= 0.6 is 0 Å². The van der Waals surface area contributed by atoms with Crippen molar-refractivity contribution in [1.29, 1.82) is 0 Å². The third-order valence-corrected chi connectivity index (χ3v) is 8.56. The van der Waals surface area contributed by atoms with Crippen molar-refractivity contribution in [3.8, 4) is 22.5 Å². The number of aromatic amines is 1. The Morgan fingerprint density at radius 1 is 0.935 bits per heavy atom. The van der Waals surface area contributed by atoms with Gasteiger partial charge in [-0.1, -0.05) is 30.3 Å². The molecule has 1 saturated carbocycles. The van der Waals surface area contributed by atoms with E-state index in [-0.39, 0.29) is 23.6 Å². The molecule has 0 radical (unpaired) electrons. The SMILES string of the molecule is Cc1cc(C(=O)NCCN)ccc1-c1ccc(CC(NC(=O)C2CCC(CN)CC2)C(=O)Nc2ccc(-c3nn[nH]n3)cc2)cc1. The topological polar surface area (TPSA) is 194 Å². The Hall–Kier alpha value is -4.94. The number of anilines is 1. The zero-order valence-electron chi connectivity index (χ0n) is 26.0. The molecule has 0 saturated heterocycles. The molecule has 0 bridgehead atoms. The van der Waals surface area contributed by atoms with Crippen molar-refractivity contribution in [2.24, 2.45) is 23.3 Å². The molecule has 1 fully saturated rings. The van der Waals surface area contributed by atoms with Gasteiger partial charge in [-0.25, -0.2) is 0 Å². The summed E-state index contributed by atoms with van der Waals surface area (Å²) in [6, 6.07) is 19.9. The zero-order valence-corrected chi connectivity index (χ0v) is 26.0. The van der Waals surface area contributed by atoms with Crippen LogP contribution in [0.15, 0.2) is 66.7 Å². The number of nitrogens with zero attached hydrogens (tertiary/aromatic N) is 3. The number of carbonyl (C=O) groups excluding carboxylic acids is 3. The van der Waals surface area contributed by atoms with Crippen LogP contribution in [0.5, 0.6) is 0 Å². The number of hydrogen-bond acceptors (Lipinski definition) is 8. The molecule has 1 aliphatic carbocycles. The summed E-state index contributed by atoms with van der Waals surface area (Å²) >= 11 is 0. The highest BCUT2D eigenvalue weighted by atomic mass is 16.2. The molecule has 1 unspecified atom stereocenters. The first-order valence-electron chi connectivity index (χ1n) is 15.7. The van der Waals surface area contributed by atoms with Crippen LogP contribution in [0.1, 0.15) is 47.2 Å². The molecule has 12 heteroatoms. The highest BCUT2D eigenvalue weighted by molar-refractivity contribution is 5.98. The Labute approximate surface area is 268 Å². The standard InChI is InChI=1S/C34H41N9O3/c1-21-18-27(32(44)37-17-16-35)12-15-29(21)24-6-2-22(3-7-24)19-30(39-33(45)26-8-4-23(20-36)5-9-26)34(46)38-28-13-10-25(11-14-28)31-40-42-43-41-31/h2-3,6-7,10-15,18,23,26,30H,4-5,8-9,16-17,19-20,35-36H2,1H3,(H,37,44)(H,38,46)(H,39,45)(H,40,41,42,43). The summed E-state index contributed by atoms with van der Waals surface area (Å²) in [6.07, 6.45) is 3.68. The van der Waals surface area contributed by atoms with E-state index < -0.39 is 6.04 Å². The fourth-order valence-corrected chi connectivity index (χ4v) is 5.85. The monoisotopic (exact) mass is 623 g/mol. The van der Waals surface area contributed by atoms with Crippen LogP contribution in [-0.2, 0) is 16.0 Å². The van der Waals surface area contributed by atoms with Gasteiger partial charge in [-0.2, -0.15) is 5.21 Å². The molecule has 1 atom stereocenters. The lowest BCUT2D eigenvalue weighted by Gasteiger charge is -2.28. The fraction of sp³-hybridized carbons (Fsp3) is 0.353. The molecule has 1 aromatic heterocycles. The second-order valence-electron chi connectivity index (χ2n) is 11.8. The number of aryl methyl sites for hydroxylation is 1. The van der Waals surface area contributed by atoms with E-state index in [4.69, 9.17) is 11.5 Å². The number of tetrazole rings is 1. The average molecular weight is 624 g/mol. The Bertz CT molecular complexity index is 1610. The lowest BCUT2D eigenvalue weighted by atomic mass is 9.81. The maximum atomic E-state index is 13.6. The number of nitrogens with two attached hydrogens (primary N) is 2. The van der Waals surface area contributed by atoms with E-state index in [1.54, 1.807) is 30.3 Å². The van der Waals surface area contributed by atoms with E-state index in [1.165, 1.54) is 0 Å². The van der Waals surface area contributed by atoms with Gasteiger partial charge in [-0.05, 0) is 109 Å². The predicted octanol–water partition coefficient (Wildman–Crippen LogP) is 2.96. The molecule has 3 aromatic carbocycles. The molecule has 12 nitrogen and oxygen atoms in total. The number of rotatable bonds is 12. The van der Waals surface area contributed by atoms with Crippen molar-refractivity contribution < 1.29 is 14.4 Å². The van der Waals surface area contributed by atoms with Crippen molar-refractivity contribution in [1.82, 2.24) is 31.3 Å². The van der Waals surface area contributed by atoms with Crippen LogP contribution < -0.4 is 27.4 Å². The molecule has 1 aliphatic rings. The molecule has 1 heterocycles. The Morgan fingerprint density at radius 2 is 1.65 bits per heavy atom. The number of benzene rings is 3. The summed E-state index contributed by atoms with van der Waals surface area (Å²) in [5.74, 6) is 0.195. The summed E-state index contributed by atoms with van der Waals surface area (Å²) in [5, 5.41) is 22.8. The lowest BCUT2D eigenvalue weighted by molar-refractivity contribution is -0.130. The average Bonchev–Trinajstić information content (AvgIpc) is 3.63. The minimum absolute atomic E-state index is 0.106. The van der Waals surface area contributed by atoms with Crippen LogP contribution in [0.4, 0.5) is 5.69 Å². The molecule has 0 aliphatic heterocycles. The van der Waals surface area contributed by atoms with Crippen molar-refractivity contribution in [3.63, 3.8) is 0 Å². The third kappa shape index (κ3) is 8.20.